The maximum Gasteiger partial charge on any atom is 0.279 e. The summed E-state index contributed by atoms with van der Waals surface area (Å²) < 4.78 is 12.8. The molecule has 12 heteroatoms. The molecule has 11 nitrogen and oxygen atoms in total. The van der Waals surface area contributed by atoms with Crippen LogP contribution in [0.2, 0.25) is 0 Å². The first-order chi connectivity index (χ1) is 13.8. The van der Waals surface area contributed by atoms with Crippen molar-refractivity contribution in [1.82, 2.24) is 10.9 Å². The van der Waals surface area contributed by atoms with Gasteiger partial charge >= 0.3 is 0 Å². The van der Waals surface area contributed by atoms with Crippen molar-refractivity contribution in [2.75, 3.05) is 11.9 Å². The fourth-order valence-corrected chi connectivity index (χ4v) is 1.89. The van der Waals surface area contributed by atoms with E-state index in [-0.39, 0.29) is 16.9 Å². The average molecular weight is 403 g/mol. The number of nitrogens with zero attached hydrogens (tertiary/aromatic N) is 2. The monoisotopic (exact) mass is 403 g/mol. The summed E-state index contributed by atoms with van der Waals surface area (Å²) in [6.07, 6.45) is 0.725. The van der Waals surface area contributed by atoms with Crippen molar-refractivity contribution in [1.29, 1.82) is 0 Å². The largest absolute Gasteiger partial charge is 0.385 e. The zero-order valence-corrected chi connectivity index (χ0v) is 14.6. The number of halogens is 1. The lowest BCUT2D eigenvalue weighted by molar-refractivity contribution is -0.384. The fraction of sp³-hybridized carbons (Fsp3) is 0.0588. The number of nitro benzene ring substituents is 1. The van der Waals surface area contributed by atoms with Crippen molar-refractivity contribution in [3.8, 4) is 0 Å². The number of hydrogen-bond donors (Lipinski definition) is 3. The number of amides is 3. The summed E-state index contributed by atoms with van der Waals surface area (Å²) in [6.45, 7) is -0.607. The van der Waals surface area contributed by atoms with Crippen molar-refractivity contribution in [2.24, 2.45) is 5.16 Å². The van der Waals surface area contributed by atoms with Crippen LogP contribution in [0.1, 0.15) is 10.4 Å². The van der Waals surface area contributed by atoms with E-state index in [4.69, 9.17) is 0 Å². The van der Waals surface area contributed by atoms with Crippen molar-refractivity contribution in [3.63, 3.8) is 0 Å². The van der Waals surface area contributed by atoms with Crippen LogP contribution in [0.3, 0.4) is 0 Å². The Labute approximate surface area is 162 Å². The molecule has 2 aromatic rings. The Morgan fingerprint density at radius 3 is 2.55 bits per heavy atom. The maximum atomic E-state index is 12.8. The van der Waals surface area contributed by atoms with Gasteiger partial charge in [-0.15, -0.1) is 0 Å². The van der Waals surface area contributed by atoms with Gasteiger partial charge in [-0.25, -0.2) is 4.39 Å². The minimum atomic E-state index is -0.767. The molecule has 0 radical (unpaired) electrons. The third kappa shape index (κ3) is 7.05. The molecule has 0 spiro atoms. The molecule has 0 unspecified atom stereocenters. The Kier molecular flexibility index (Phi) is 7.30. The summed E-state index contributed by atoms with van der Waals surface area (Å²) in [5, 5.41) is 16.3. The lowest BCUT2D eigenvalue weighted by Crippen LogP contribution is -2.43. The van der Waals surface area contributed by atoms with Crippen LogP contribution < -0.4 is 16.2 Å². The van der Waals surface area contributed by atoms with Crippen LogP contribution in [0.5, 0.6) is 0 Å². The molecule has 0 aromatic heterocycles. The Bertz CT molecular complexity index is 948. The van der Waals surface area contributed by atoms with Crippen molar-refractivity contribution in [3.05, 3.63) is 70.0 Å². The Morgan fingerprint density at radius 2 is 1.86 bits per heavy atom. The van der Waals surface area contributed by atoms with Gasteiger partial charge in [0, 0.05) is 23.4 Å². The number of nitrogens with one attached hydrogen (secondary N) is 3. The van der Waals surface area contributed by atoms with E-state index in [2.05, 4.69) is 20.7 Å². The molecule has 3 amide bonds. The molecule has 29 heavy (non-hydrogen) atoms. The molecular weight excluding hydrogens is 389 g/mol. The lowest BCUT2D eigenvalue weighted by Gasteiger charge is -2.06. The molecular formula is C17H14FN5O6. The normalized spacial score (nSPS) is 10.2. The van der Waals surface area contributed by atoms with Crippen LogP contribution in [-0.4, -0.2) is 35.5 Å². The number of non-ortho nitro benzene ring substituents is 1. The molecule has 0 saturated carbocycles. The molecule has 150 valence electrons. The van der Waals surface area contributed by atoms with Crippen molar-refractivity contribution < 1.29 is 28.5 Å². The molecule has 0 aliphatic carbocycles. The summed E-state index contributed by atoms with van der Waals surface area (Å²) in [5.74, 6) is -2.68. The number of nitro groups is 1. The molecule has 0 saturated heterocycles. The van der Waals surface area contributed by atoms with E-state index in [0.29, 0.717) is 0 Å². The molecule has 0 heterocycles. The molecule has 0 bridgehead atoms. The molecule has 2 aromatic carbocycles. The minimum Gasteiger partial charge on any atom is -0.385 e. The SMILES string of the molecule is O=C(C=NOCC(=O)NNC(=O)c1ccc(F)cc1)Nc1cccc([N+](=O)[O-])c1. The van der Waals surface area contributed by atoms with Crippen LogP contribution in [0.25, 0.3) is 0 Å². The smallest absolute Gasteiger partial charge is 0.279 e. The van der Waals surface area contributed by atoms with Gasteiger partial charge in [-0.3, -0.25) is 35.3 Å². The second-order valence-corrected chi connectivity index (χ2v) is 5.31. The first-order valence-electron chi connectivity index (χ1n) is 7.90. The number of hydrazine groups is 1. The number of hydrogen-bond acceptors (Lipinski definition) is 7. The van der Waals surface area contributed by atoms with E-state index in [1.54, 1.807) is 0 Å². The van der Waals surface area contributed by atoms with E-state index in [9.17, 15) is 28.9 Å². The van der Waals surface area contributed by atoms with Gasteiger partial charge in [-0.05, 0) is 30.3 Å². The summed E-state index contributed by atoms with van der Waals surface area (Å²) >= 11 is 0. The molecule has 3 N–H and O–H groups in total. The molecule has 0 fully saturated rings. The van der Waals surface area contributed by atoms with E-state index < -0.39 is 35.1 Å². The number of oxime groups is 1. The van der Waals surface area contributed by atoms with Gasteiger partial charge in [0.2, 0.25) is 0 Å². The Morgan fingerprint density at radius 1 is 1.14 bits per heavy atom. The molecule has 0 aliphatic heterocycles. The van der Waals surface area contributed by atoms with E-state index in [0.717, 1.165) is 24.4 Å². The van der Waals surface area contributed by atoms with Crippen molar-refractivity contribution in [2.45, 2.75) is 0 Å². The van der Waals surface area contributed by atoms with E-state index in [1.807, 2.05) is 5.43 Å². The van der Waals surface area contributed by atoms with Crippen LogP contribution in [0.15, 0.2) is 53.7 Å². The standard InChI is InChI=1S/C17H14FN5O6/c18-12-6-4-11(5-7-12)17(26)22-21-16(25)10-29-19-9-15(24)20-13-2-1-3-14(8-13)23(27)28/h1-9H,10H2,(H,20,24)(H,21,25)(H,22,26). The van der Waals surface area contributed by atoms with Gasteiger partial charge in [0.1, 0.15) is 12.0 Å². The highest BCUT2D eigenvalue weighted by atomic mass is 19.1. The predicted molar refractivity (Wildman–Crippen MR) is 98.2 cm³/mol. The quantitative estimate of drug-likeness (QED) is 0.358. The lowest BCUT2D eigenvalue weighted by atomic mass is 10.2. The number of anilines is 1. The van der Waals surface area contributed by atoms with Crippen LogP contribution in [0, 0.1) is 15.9 Å². The first-order valence-corrected chi connectivity index (χ1v) is 7.90. The second kappa shape index (κ2) is 10.1. The zero-order chi connectivity index (χ0) is 21.2. The van der Waals surface area contributed by atoms with Gasteiger partial charge in [0.15, 0.2) is 6.61 Å². The second-order valence-electron chi connectivity index (χ2n) is 5.31. The maximum absolute atomic E-state index is 12.8. The van der Waals surface area contributed by atoms with Gasteiger partial charge < -0.3 is 10.2 Å². The van der Waals surface area contributed by atoms with Crippen LogP contribution in [-0.2, 0) is 14.4 Å². The summed E-state index contributed by atoms with van der Waals surface area (Å²) in [7, 11) is 0. The number of carbonyl (C=O) groups excluding carboxylic acids is 3. The minimum absolute atomic E-state index is 0.128. The predicted octanol–water partition coefficient (Wildman–Crippen LogP) is 1.14. The fourth-order valence-electron chi connectivity index (χ4n) is 1.89. The zero-order valence-electron chi connectivity index (χ0n) is 14.6. The van der Waals surface area contributed by atoms with Gasteiger partial charge in [-0.1, -0.05) is 11.2 Å². The van der Waals surface area contributed by atoms with E-state index in [1.165, 1.54) is 30.3 Å². The average Bonchev–Trinajstić information content (AvgIpc) is 2.70. The molecule has 0 atom stereocenters. The first kappa shape index (κ1) is 21.0. The Hall–Kier alpha value is -4.35. The summed E-state index contributed by atoms with van der Waals surface area (Å²) in [5.41, 5.74) is 4.24. The summed E-state index contributed by atoms with van der Waals surface area (Å²) in [4.78, 5) is 49.5. The van der Waals surface area contributed by atoms with Crippen molar-refractivity contribution >= 4 is 35.3 Å². The highest BCUT2D eigenvalue weighted by Gasteiger charge is 2.09. The van der Waals surface area contributed by atoms with E-state index >= 15 is 0 Å². The number of rotatable bonds is 7. The van der Waals surface area contributed by atoms with Gasteiger partial charge in [-0.2, -0.15) is 0 Å². The molecule has 2 rings (SSSR count). The number of carbonyl (C=O) groups is 3. The van der Waals surface area contributed by atoms with Crippen LogP contribution >= 0.6 is 0 Å². The number of benzene rings is 2. The van der Waals surface area contributed by atoms with Gasteiger partial charge in [0.25, 0.3) is 23.4 Å². The highest BCUT2D eigenvalue weighted by molar-refractivity contribution is 6.31. The highest BCUT2D eigenvalue weighted by Crippen LogP contribution is 2.16. The van der Waals surface area contributed by atoms with Gasteiger partial charge in [0.05, 0.1) is 4.92 Å². The Balaban J connectivity index is 1.71. The summed E-state index contributed by atoms with van der Waals surface area (Å²) in [6, 6.07) is 9.91. The van der Waals surface area contributed by atoms with Crippen LogP contribution in [0.4, 0.5) is 15.8 Å². The topological polar surface area (TPSA) is 152 Å². The molecule has 0 aliphatic rings. The third-order valence-corrected chi connectivity index (χ3v) is 3.19. The third-order valence-electron chi connectivity index (χ3n) is 3.19.